The van der Waals surface area contributed by atoms with E-state index in [4.69, 9.17) is 28.9 Å². The first-order chi connectivity index (χ1) is 9.31. The van der Waals surface area contributed by atoms with Gasteiger partial charge in [-0.1, -0.05) is 35.3 Å². The number of nitrogen functional groups attached to an aromatic ring is 1. The number of sulfonamides is 1. The van der Waals surface area contributed by atoms with Crippen LogP contribution in [0.2, 0.25) is 10.0 Å². The number of nitrogens with two attached hydrogens (primary N) is 1. The van der Waals surface area contributed by atoms with E-state index in [-0.39, 0.29) is 20.6 Å². The average molecular weight is 443 g/mol. The van der Waals surface area contributed by atoms with Crippen molar-refractivity contribution in [1.29, 1.82) is 0 Å². The second-order valence-corrected chi connectivity index (χ2v) is 7.52. The van der Waals surface area contributed by atoms with Gasteiger partial charge in [-0.2, -0.15) is 0 Å². The lowest BCUT2D eigenvalue weighted by atomic mass is 10.3. The first-order valence-corrected chi connectivity index (χ1v) is 8.65. The quantitative estimate of drug-likeness (QED) is 0.557. The van der Waals surface area contributed by atoms with Crippen LogP contribution in [-0.2, 0) is 10.0 Å². The second kappa shape index (κ2) is 5.97. The van der Waals surface area contributed by atoms with E-state index in [1.807, 2.05) is 28.7 Å². The van der Waals surface area contributed by atoms with E-state index in [0.29, 0.717) is 5.69 Å². The molecule has 2 aromatic carbocycles. The van der Waals surface area contributed by atoms with Crippen molar-refractivity contribution in [2.24, 2.45) is 0 Å². The molecule has 0 aromatic heterocycles. The first-order valence-electron chi connectivity index (χ1n) is 5.33. The summed E-state index contributed by atoms with van der Waals surface area (Å²) in [4.78, 5) is -0.178. The van der Waals surface area contributed by atoms with Crippen LogP contribution >= 0.6 is 45.8 Å². The minimum Gasteiger partial charge on any atom is -0.398 e. The minimum atomic E-state index is -3.88. The maximum absolute atomic E-state index is 12.4. The Morgan fingerprint density at radius 3 is 2.40 bits per heavy atom. The Morgan fingerprint density at radius 2 is 1.80 bits per heavy atom. The lowest BCUT2D eigenvalue weighted by Crippen LogP contribution is -2.16. The second-order valence-electron chi connectivity index (χ2n) is 3.89. The average Bonchev–Trinajstić information content (AvgIpc) is 2.30. The number of hydrogen-bond donors (Lipinski definition) is 2. The van der Waals surface area contributed by atoms with Gasteiger partial charge in [-0.05, 0) is 46.9 Å². The summed E-state index contributed by atoms with van der Waals surface area (Å²) in [5, 5.41) is 0.259. The normalized spacial score (nSPS) is 11.3. The summed E-state index contributed by atoms with van der Waals surface area (Å²) in [6, 6.07) is 9.66. The minimum absolute atomic E-state index is 0.000870. The third-order valence-electron chi connectivity index (χ3n) is 2.42. The molecule has 4 nitrogen and oxygen atoms in total. The molecule has 0 saturated heterocycles. The van der Waals surface area contributed by atoms with Crippen molar-refractivity contribution in [1.82, 2.24) is 0 Å². The molecule has 0 aliphatic carbocycles. The largest absolute Gasteiger partial charge is 0.398 e. The number of rotatable bonds is 3. The van der Waals surface area contributed by atoms with Gasteiger partial charge < -0.3 is 5.73 Å². The monoisotopic (exact) mass is 442 g/mol. The van der Waals surface area contributed by atoms with Crippen LogP contribution in [0.15, 0.2) is 41.3 Å². The molecule has 106 valence electrons. The third-order valence-corrected chi connectivity index (χ3v) is 5.47. The van der Waals surface area contributed by atoms with Gasteiger partial charge in [-0.15, -0.1) is 0 Å². The number of para-hydroxylation sites is 1. The highest BCUT2D eigenvalue weighted by atomic mass is 127. The van der Waals surface area contributed by atoms with Crippen molar-refractivity contribution in [3.05, 3.63) is 50.0 Å². The summed E-state index contributed by atoms with van der Waals surface area (Å²) in [5.41, 5.74) is 6.17. The smallest absolute Gasteiger partial charge is 0.265 e. The maximum Gasteiger partial charge on any atom is 0.265 e. The van der Waals surface area contributed by atoms with E-state index in [0.717, 1.165) is 3.57 Å². The number of anilines is 2. The Hall–Kier alpha value is -0.700. The van der Waals surface area contributed by atoms with Crippen molar-refractivity contribution in [3.8, 4) is 0 Å². The molecule has 0 unspecified atom stereocenters. The highest BCUT2D eigenvalue weighted by molar-refractivity contribution is 14.1. The predicted molar refractivity (Wildman–Crippen MR) is 90.8 cm³/mol. The predicted octanol–water partition coefficient (Wildman–Crippen LogP) is 3.98. The van der Waals surface area contributed by atoms with Crippen molar-refractivity contribution >= 4 is 67.2 Å². The van der Waals surface area contributed by atoms with E-state index in [2.05, 4.69) is 4.72 Å². The summed E-state index contributed by atoms with van der Waals surface area (Å²) in [6.07, 6.45) is 0. The van der Waals surface area contributed by atoms with Crippen molar-refractivity contribution in [2.45, 2.75) is 4.90 Å². The SMILES string of the molecule is Nc1cc(Cl)cc(Cl)c1S(=O)(=O)Nc1ccccc1I. The molecule has 0 radical (unpaired) electrons. The molecular formula is C12H9Cl2IN2O2S. The lowest BCUT2D eigenvalue weighted by Gasteiger charge is -2.13. The third kappa shape index (κ3) is 3.30. The molecular weight excluding hydrogens is 434 g/mol. The zero-order valence-electron chi connectivity index (χ0n) is 9.90. The Bertz CT molecular complexity index is 743. The summed E-state index contributed by atoms with van der Waals surface area (Å²) in [7, 11) is -3.88. The summed E-state index contributed by atoms with van der Waals surface area (Å²) < 4.78 is 28.0. The first kappa shape index (κ1) is 15.7. The van der Waals surface area contributed by atoms with Crippen LogP contribution in [0, 0.1) is 3.57 Å². The molecule has 0 heterocycles. The van der Waals surface area contributed by atoms with Gasteiger partial charge in [-0.25, -0.2) is 8.42 Å². The molecule has 0 atom stereocenters. The Kier molecular flexibility index (Phi) is 4.68. The Balaban J connectivity index is 2.50. The molecule has 0 saturated carbocycles. The van der Waals surface area contributed by atoms with Crippen molar-refractivity contribution in [3.63, 3.8) is 0 Å². The molecule has 8 heteroatoms. The van der Waals surface area contributed by atoms with Gasteiger partial charge in [-0.3, -0.25) is 4.72 Å². The molecule has 0 bridgehead atoms. The van der Waals surface area contributed by atoms with Gasteiger partial charge in [0.05, 0.1) is 16.4 Å². The molecule has 0 aliphatic heterocycles. The molecule has 0 aliphatic rings. The van der Waals surface area contributed by atoms with Crippen LogP contribution in [0.5, 0.6) is 0 Å². The van der Waals surface area contributed by atoms with Crippen LogP contribution in [0.1, 0.15) is 0 Å². The zero-order chi connectivity index (χ0) is 14.9. The van der Waals surface area contributed by atoms with Gasteiger partial charge in [0.25, 0.3) is 10.0 Å². The van der Waals surface area contributed by atoms with E-state index in [1.165, 1.54) is 12.1 Å². The highest BCUT2D eigenvalue weighted by Crippen LogP contribution is 2.32. The van der Waals surface area contributed by atoms with Gasteiger partial charge >= 0.3 is 0 Å². The van der Waals surface area contributed by atoms with Gasteiger partial charge in [0.15, 0.2) is 0 Å². The van der Waals surface area contributed by atoms with Crippen LogP contribution in [0.4, 0.5) is 11.4 Å². The van der Waals surface area contributed by atoms with Crippen molar-refractivity contribution in [2.75, 3.05) is 10.5 Å². The standard InChI is InChI=1S/C12H9Cl2IN2O2S/c13-7-5-8(14)12(10(16)6-7)20(18,19)17-11-4-2-1-3-9(11)15/h1-6,17H,16H2. The highest BCUT2D eigenvalue weighted by Gasteiger charge is 2.22. The fourth-order valence-electron chi connectivity index (χ4n) is 1.60. The summed E-state index contributed by atoms with van der Waals surface area (Å²) in [5.74, 6) is 0. The zero-order valence-corrected chi connectivity index (χ0v) is 14.4. The van der Waals surface area contributed by atoms with E-state index in [9.17, 15) is 8.42 Å². The lowest BCUT2D eigenvalue weighted by molar-refractivity contribution is 0.601. The molecule has 2 rings (SSSR count). The Labute approximate surface area is 140 Å². The molecule has 2 aromatic rings. The van der Waals surface area contributed by atoms with Crippen LogP contribution < -0.4 is 10.5 Å². The molecule has 0 fully saturated rings. The molecule has 0 amide bonds. The van der Waals surface area contributed by atoms with E-state index in [1.54, 1.807) is 18.2 Å². The van der Waals surface area contributed by atoms with Gasteiger partial charge in [0.2, 0.25) is 0 Å². The number of hydrogen-bond acceptors (Lipinski definition) is 3. The van der Waals surface area contributed by atoms with E-state index < -0.39 is 10.0 Å². The topological polar surface area (TPSA) is 72.2 Å². The molecule has 3 N–H and O–H groups in total. The molecule has 0 spiro atoms. The molecule has 20 heavy (non-hydrogen) atoms. The maximum atomic E-state index is 12.4. The van der Waals surface area contributed by atoms with E-state index >= 15 is 0 Å². The van der Waals surface area contributed by atoms with Gasteiger partial charge in [0, 0.05) is 8.59 Å². The number of halogens is 3. The number of benzene rings is 2. The fraction of sp³-hybridized carbons (Fsp3) is 0. The summed E-state index contributed by atoms with van der Waals surface area (Å²) in [6.45, 7) is 0. The van der Waals surface area contributed by atoms with Crippen molar-refractivity contribution < 1.29 is 8.42 Å². The van der Waals surface area contributed by atoms with Crippen LogP contribution in [-0.4, -0.2) is 8.42 Å². The van der Waals surface area contributed by atoms with Gasteiger partial charge in [0.1, 0.15) is 4.90 Å². The van der Waals surface area contributed by atoms with Crippen LogP contribution in [0.25, 0.3) is 0 Å². The Morgan fingerprint density at radius 1 is 1.15 bits per heavy atom. The van der Waals surface area contributed by atoms with Crippen LogP contribution in [0.3, 0.4) is 0 Å². The summed E-state index contributed by atoms with van der Waals surface area (Å²) >= 11 is 13.7. The fourth-order valence-corrected chi connectivity index (χ4v) is 4.38. The number of nitrogens with one attached hydrogen (secondary N) is 1.